The second-order valence-corrected chi connectivity index (χ2v) is 5.92. The topological polar surface area (TPSA) is 67.6 Å². The van der Waals surface area contributed by atoms with E-state index >= 15 is 0 Å². The van der Waals surface area contributed by atoms with Gasteiger partial charge in [-0.1, -0.05) is 12.1 Å². The third kappa shape index (κ3) is 4.83. The summed E-state index contributed by atoms with van der Waals surface area (Å²) in [5.41, 5.74) is 2.63. The molecule has 1 aromatic heterocycles. The zero-order valence-electron chi connectivity index (χ0n) is 14.9. The number of rotatable bonds is 5. The Labute approximate surface area is 165 Å². The summed E-state index contributed by atoms with van der Waals surface area (Å²) in [6, 6.07) is 6.46. The molecule has 0 amide bonds. The van der Waals surface area contributed by atoms with Gasteiger partial charge in [0.2, 0.25) is 0 Å². The van der Waals surface area contributed by atoms with E-state index in [-0.39, 0.29) is 24.0 Å². The van der Waals surface area contributed by atoms with Crippen molar-refractivity contribution in [1.29, 1.82) is 0 Å². The van der Waals surface area contributed by atoms with Gasteiger partial charge in [0.25, 0.3) is 0 Å². The number of nitrogens with zero attached hydrogens (tertiary/aromatic N) is 5. The summed E-state index contributed by atoms with van der Waals surface area (Å²) in [6.07, 6.45) is 3.53. The summed E-state index contributed by atoms with van der Waals surface area (Å²) >= 11 is 0. The van der Waals surface area contributed by atoms with Crippen LogP contribution in [0.15, 0.2) is 29.5 Å². The van der Waals surface area contributed by atoms with Crippen molar-refractivity contribution in [2.75, 3.05) is 27.2 Å². The Morgan fingerprint density at radius 3 is 3.00 bits per heavy atom. The molecule has 0 radical (unpaired) electrons. The van der Waals surface area contributed by atoms with Gasteiger partial charge in [-0.2, -0.15) is 5.10 Å². The Morgan fingerprint density at radius 1 is 1.44 bits per heavy atom. The minimum absolute atomic E-state index is 0. The summed E-state index contributed by atoms with van der Waals surface area (Å²) < 4.78 is 7.32. The van der Waals surface area contributed by atoms with E-state index in [0.717, 1.165) is 43.5 Å². The first-order chi connectivity index (χ1) is 11.7. The maximum absolute atomic E-state index is 5.55. The van der Waals surface area contributed by atoms with Crippen LogP contribution in [0.3, 0.4) is 0 Å². The summed E-state index contributed by atoms with van der Waals surface area (Å²) in [4.78, 5) is 10.6. The summed E-state index contributed by atoms with van der Waals surface area (Å²) in [7, 11) is 5.68. The van der Waals surface area contributed by atoms with E-state index in [0.29, 0.717) is 6.54 Å². The Bertz CT molecular complexity index is 730. The van der Waals surface area contributed by atoms with E-state index in [1.165, 1.54) is 11.1 Å². The van der Waals surface area contributed by atoms with Crippen molar-refractivity contribution in [3.63, 3.8) is 0 Å². The number of halogens is 1. The normalized spacial score (nSPS) is 13.0. The number of guanidine groups is 1. The molecule has 0 spiro atoms. The summed E-state index contributed by atoms with van der Waals surface area (Å²) in [5, 5.41) is 7.50. The van der Waals surface area contributed by atoms with Crippen LogP contribution in [-0.2, 0) is 26.4 Å². The van der Waals surface area contributed by atoms with Crippen LogP contribution in [0.5, 0.6) is 5.75 Å². The van der Waals surface area contributed by atoms with E-state index in [1.54, 1.807) is 18.1 Å². The highest BCUT2D eigenvalue weighted by Crippen LogP contribution is 2.25. The van der Waals surface area contributed by atoms with Gasteiger partial charge in [-0.05, 0) is 23.6 Å². The van der Waals surface area contributed by atoms with E-state index < -0.39 is 0 Å². The third-order valence-electron chi connectivity index (χ3n) is 4.21. The molecule has 8 heteroatoms. The highest BCUT2D eigenvalue weighted by Gasteiger charge is 2.12. The second-order valence-electron chi connectivity index (χ2n) is 5.92. The molecule has 1 aromatic carbocycles. The fraction of sp³-hybridized carbons (Fsp3) is 0.471. The summed E-state index contributed by atoms with van der Waals surface area (Å²) in [5.74, 6) is 2.78. The minimum Gasteiger partial charge on any atom is -0.493 e. The molecule has 0 aliphatic carbocycles. The Morgan fingerprint density at radius 2 is 2.28 bits per heavy atom. The summed E-state index contributed by atoms with van der Waals surface area (Å²) in [6.45, 7) is 2.29. The van der Waals surface area contributed by atoms with Gasteiger partial charge in [0.1, 0.15) is 17.9 Å². The lowest BCUT2D eigenvalue weighted by atomic mass is 10.1. The molecule has 7 nitrogen and oxygen atoms in total. The highest BCUT2D eigenvalue weighted by atomic mass is 127. The van der Waals surface area contributed by atoms with E-state index in [9.17, 15) is 0 Å². The molecule has 1 aliphatic rings. The van der Waals surface area contributed by atoms with Crippen LogP contribution in [0.25, 0.3) is 0 Å². The molecular weight excluding hydrogens is 431 g/mol. The van der Waals surface area contributed by atoms with Gasteiger partial charge in [0, 0.05) is 34.1 Å². The van der Waals surface area contributed by atoms with Gasteiger partial charge in [-0.15, -0.1) is 24.0 Å². The molecule has 1 N–H and O–H groups in total. The SMILES string of the molecule is CN=C(NCCc1ccc2c(c1)CCO2)N(C)Cc1ncnn1C.I. The van der Waals surface area contributed by atoms with Crippen LogP contribution in [0, 0.1) is 0 Å². The van der Waals surface area contributed by atoms with Gasteiger partial charge in [-0.25, -0.2) is 4.98 Å². The first kappa shape index (κ1) is 19.5. The fourth-order valence-electron chi connectivity index (χ4n) is 2.85. The lowest BCUT2D eigenvalue weighted by molar-refractivity contribution is 0.357. The largest absolute Gasteiger partial charge is 0.493 e. The maximum Gasteiger partial charge on any atom is 0.193 e. The molecule has 136 valence electrons. The zero-order chi connectivity index (χ0) is 16.9. The molecule has 0 bridgehead atoms. The van der Waals surface area contributed by atoms with Gasteiger partial charge in [-0.3, -0.25) is 9.67 Å². The molecule has 1 aliphatic heterocycles. The van der Waals surface area contributed by atoms with Crippen molar-refractivity contribution >= 4 is 29.9 Å². The van der Waals surface area contributed by atoms with Crippen molar-refractivity contribution in [3.05, 3.63) is 41.5 Å². The van der Waals surface area contributed by atoms with Crippen LogP contribution in [0.1, 0.15) is 17.0 Å². The van der Waals surface area contributed by atoms with E-state index in [2.05, 4.69) is 38.6 Å². The molecule has 2 heterocycles. The molecule has 2 aromatic rings. The number of fused-ring (bicyclic) bond motifs is 1. The van der Waals surface area contributed by atoms with Crippen molar-refractivity contribution in [3.8, 4) is 5.75 Å². The quantitative estimate of drug-likeness (QED) is 0.421. The lowest BCUT2D eigenvalue weighted by Crippen LogP contribution is -2.39. The number of hydrogen-bond acceptors (Lipinski definition) is 4. The molecule has 3 rings (SSSR count). The van der Waals surface area contributed by atoms with Crippen LogP contribution in [-0.4, -0.2) is 52.9 Å². The fourth-order valence-corrected chi connectivity index (χ4v) is 2.85. The Hall–Kier alpha value is -1.84. The standard InChI is InChI=1S/C17H24N6O.HI/c1-18-17(22(2)11-16-20-12-21-23(16)3)19-8-6-13-4-5-15-14(10-13)7-9-24-15;/h4-5,10,12H,6-9,11H2,1-3H3,(H,18,19);1H. The van der Waals surface area contributed by atoms with Crippen molar-refractivity contribution in [2.45, 2.75) is 19.4 Å². The van der Waals surface area contributed by atoms with Crippen molar-refractivity contribution in [2.24, 2.45) is 12.0 Å². The average Bonchev–Trinajstić information content (AvgIpc) is 3.20. The van der Waals surface area contributed by atoms with Gasteiger partial charge in [0.15, 0.2) is 5.96 Å². The van der Waals surface area contributed by atoms with Gasteiger partial charge in [0.05, 0.1) is 13.2 Å². The number of aromatic nitrogens is 3. The zero-order valence-corrected chi connectivity index (χ0v) is 17.2. The smallest absolute Gasteiger partial charge is 0.193 e. The Balaban J connectivity index is 0.00000225. The molecular formula is C17H25IN6O. The second kappa shape index (κ2) is 9.02. The first-order valence-corrected chi connectivity index (χ1v) is 8.16. The number of benzene rings is 1. The lowest BCUT2D eigenvalue weighted by Gasteiger charge is -2.21. The van der Waals surface area contributed by atoms with Crippen molar-refractivity contribution < 1.29 is 4.74 Å². The predicted molar refractivity (Wildman–Crippen MR) is 109 cm³/mol. The number of nitrogens with one attached hydrogen (secondary N) is 1. The molecule has 0 saturated carbocycles. The monoisotopic (exact) mass is 456 g/mol. The third-order valence-corrected chi connectivity index (χ3v) is 4.21. The molecule has 25 heavy (non-hydrogen) atoms. The van der Waals surface area contributed by atoms with Crippen LogP contribution >= 0.6 is 24.0 Å². The highest BCUT2D eigenvalue weighted by molar-refractivity contribution is 14.0. The van der Waals surface area contributed by atoms with Gasteiger partial charge >= 0.3 is 0 Å². The van der Waals surface area contributed by atoms with E-state index in [4.69, 9.17) is 4.74 Å². The number of aliphatic imine (C=N–C) groups is 1. The predicted octanol–water partition coefficient (Wildman–Crippen LogP) is 1.62. The number of hydrogen-bond donors (Lipinski definition) is 1. The van der Waals surface area contributed by atoms with Gasteiger partial charge < -0.3 is 15.0 Å². The molecule has 0 saturated heterocycles. The number of aryl methyl sites for hydroxylation is 1. The Kier molecular flexibility index (Phi) is 7.03. The van der Waals surface area contributed by atoms with E-state index in [1.807, 2.05) is 19.0 Å². The average molecular weight is 456 g/mol. The van der Waals surface area contributed by atoms with Crippen LogP contribution in [0.2, 0.25) is 0 Å². The minimum atomic E-state index is 0. The van der Waals surface area contributed by atoms with Crippen LogP contribution < -0.4 is 10.1 Å². The van der Waals surface area contributed by atoms with Crippen LogP contribution in [0.4, 0.5) is 0 Å². The first-order valence-electron chi connectivity index (χ1n) is 8.16. The molecule has 0 unspecified atom stereocenters. The number of ether oxygens (including phenoxy) is 1. The van der Waals surface area contributed by atoms with Crippen molar-refractivity contribution in [1.82, 2.24) is 25.0 Å². The molecule has 0 atom stereocenters. The molecule has 0 fully saturated rings. The maximum atomic E-state index is 5.55.